The first-order valence-electron chi connectivity index (χ1n) is 12.3. The lowest BCUT2D eigenvalue weighted by Gasteiger charge is -2.39. The summed E-state index contributed by atoms with van der Waals surface area (Å²) in [5, 5.41) is 10.2. The van der Waals surface area contributed by atoms with Crippen molar-refractivity contribution in [1.82, 2.24) is 0 Å². The highest BCUT2D eigenvalue weighted by Gasteiger charge is 2.24. The topological polar surface area (TPSA) is 74.6 Å². The molecule has 0 spiro atoms. The van der Waals surface area contributed by atoms with Gasteiger partial charge in [-0.2, -0.15) is 8.42 Å². The Kier molecular flexibility index (Phi) is 12.9. The molecule has 0 aromatic heterocycles. The van der Waals surface area contributed by atoms with Gasteiger partial charge in [0.15, 0.2) is 0 Å². The van der Waals surface area contributed by atoms with Crippen molar-refractivity contribution < 1.29 is 22.6 Å². The number of hydrogen-bond donors (Lipinski definition) is 2. The summed E-state index contributed by atoms with van der Waals surface area (Å²) in [6, 6.07) is 8.84. The van der Waals surface area contributed by atoms with Crippen LogP contribution in [0.1, 0.15) is 79.1 Å². The van der Waals surface area contributed by atoms with Gasteiger partial charge in [0.05, 0.1) is 26.2 Å². The van der Waals surface area contributed by atoms with Crippen LogP contribution in [0.15, 0.2) is 41.3 Å². The van der Waals surface area contributed by atoms with Gasteiger partial charge in [0.2, 0.25) is 0 Å². The Labute approximate surface area is 195 Å². The molecule has 182 valence electrons. The SMILES string of the molecule is CCCC[N+](CCCC)(CCCC)CCCC.O=S(=O)(O)c1ccc(O)c2ccccc12. The number of unbranched alkanes of at least 4 members (excludes halogenated alkanes) is 4. The number of fused-ring (bicyclic) bond motifs is 1. The van der Waals surface area contributed by atoms with Crippen molar-refractivity contribution >= 4 is 20.9 Å². The zero-order valence-electron chi connectivity index (χ0n) is 20.5. The molecule has 5 nitrogen and oxygen atoms in total. The van der Waals surface area contributed by atoms with Gasteiger partial charge >= 0.3 is 0 Å². The number of rotatable bonds is 13. The molecule has 2 aromatic carbocycles. The smallest absolute Gasteiger partial charge is 0.295 e. The molecule has 0 aliphatic rings. The molecule has 2 rings (SSSR count). The summed E-state index contributed by atoms with van der Waals surface area (Å²) in [5.74, 6) is -0.0157. The minimum atomic E-state index is -4.26. The average Bonchev–Trinajstić information content (AvgIpc) is 2.78. The van der Waals surface area contributed by atoms with Crippen molar-refractivity contribution in [1.29, 1.82) is 0 Å². The average molecular weight is 467 g/mol. The van der Waals surface area contributed by atoms with Crippen molar-refractivity contribution in [3.63, 3.8) is 0 Å². The third-order valence-electron chi connectivity index (χ3n) is 6.08. The van der Waals surface area contributed by atoms with Crippen molar-refractivity contribution in [3.05, 3.63) is 36.4 Å². The molecule has 0 radical (unpaired) electrons. The first-order chi connectivity index (χ1) is 15.2. The Balaban J connectivity index is 0.000000321. The van der Waals surface area contributed by atoms with Gasteiger partial charge in [-0.25, -0.2) is 0 Å². The lowest BCUT2D eigenvalue weighted by molar-refractivity contribution is -0.929. The molecule has 0 saturated carbocycles. The number of benzene rings is 2. The van der Waals surface area contributed by atoms with Crippen LogP contribution < -0.4 is 0 Å². The highest BCUT2D eigenvalue weighted by Crippen LogP contribution is 2.29. The summed E-state index contributed by atoms with van der Waals surface area (Å²) in [6.07, 6.45) is 11.1. The van der Waals surface area contributed by atoms with Gasteiger partial charge in [-0.3, -0.25) is 4.55 Å². The van der Waals surface area contributed by atoms with Gasteiger partial charge in [0, 0.05) is 10.8 Å². The van der Waals surface area contributed by atoms with Crippen molar-refractivity contribution in [2.45, 2.75) is 84.0 Å². The third kappa shape index (κ3) is 9.08. The quantitative estimate of drug-likeness (QED) is 0.251. The summed E-state index contributed by atoms with van der Waals surface area (Å²) in [6.45, 7) is 15.0. The Morgan fingerprint density at radius 3 is 1.47 bits per heavy atom. The second-order valence-corrected chi connectivity index (χ2v) is 10.1. The van der Waals surface area contributed by atoms with Gasteiger partial charge < -0.3 is 9.59 Å². The molecule has 0 aliphatic heterocycles. The predicted molar refractivity (Wildman–Crippen MR) is 135 cm³/mol. The lowest BCUT2D eigenvalue weighted by Crippen LogP contribution is -2.50. The summed E-state index contributed by atoms with van der Waals surface area (Å²) in [7, 11) is -4.26. The van der Waals surface area contributed by atoms with Crippen molar-refractivity contribution in [2.24, 2.45) is 0 Å². The van der Waals surface area contributed by atoms with Crippen LogP contribution >= 0.6 is 0 Å². The van der Waals surface area contributed by atoms with Crippen molar-refractivity contribution in [3.8, 4) is 5.75 Å². The fourth-order valence-corrected chi connectivity index (χ4v) is 4.82. The molecule has 0 atom stereocenters. The van der Waals surface area contributed by atoms with Gasteiger partial charge in [-0.05, 0) is 37.8 Å². The fourth-order valence-electron chi connectivity index (χ4n) is 4.13. The molecule has 32 heavy (non-hydrogen) atoms. The Hall–Kier alpha value is -1.63. The molecular weight excluding hydrogens is 422 g/mol. The lowest BCUT2D eigenvalue weighted by atomic mass is 10.1. The maximum Gasteiger partial charge on any atom is 0.295 e. The molecule has 6 heteroatoms. The van der Waals surface area contributed by atoms with Crippen LogP contribution in [-0.4, -0.2) is 48.7 Å². The van der Waals surface area contributed by atoms with E-state index in [1.54, 1.807) is 18.2 Å². The summed E-state index contributed by atoms with van der Waals surface area (Å²) >= 11 is 0. The largest absolute Gasteiger partial charge is 0.507 e. The molecule has 2 N–H and O–H groups in total. The highest BCUT2D eigenvalue weighted by atomic mass is 32.2. The van der Waals surface area contributed by atoms with Gasteiger partial charge in [-0.15, -0.1) is 0 Å². The van der Waals surface area contributed by atoms with Gasteiger partial charge in [-0.1, -0.05) is 77.6 Å². The van der Waals surface area contributed by atoms with E-state index in [-0.39, 0.29) is 10.6 Å². The van der Waals surface area contributed by atoms with E-state index in [1.165, 1.54) is 100 Å². The first-order valence-corrected chi connectivity index (χ1v) is 13.7. The van der Waals surface area contributed by atoms with Gasteiger partial charge in [0.25, 0.3) is 10.1 Å². The normalized spacial score (nSPS) is 11.9. The Morgan fingerprint density at radius 1 is 0.688 bits per heavy atom. The van der Waals surface area contributed by atoms with Crippen LogP contribution in [0.3, 0.4) is 0 Å². The number of quaternary nitrogens is 1. The zero-order valence-corrected chi connectivity index (χ0v) is 21.3. The van der Waals surface area contributed by atoms with E-state index in [2.05, 4.69) is 27.7 Å². The summed E-state index contributed by atoms with van der Waals surface area (Å²) < 4.78 is 32.5. The van der Waals surface area contributed by atoms with E-state index in [0.717, 1.165) is 0 Å². The van der Waals surface area contributed by atoms with E-state index in [0.29, 0.717) is 10.8 Å². The number of hydrogen-bond acceptors (Lipinski definition) is 3. The third-order valence-corrected chi connectivity index (χ3v) is 6.99. The number of aromatic hydroxyl groups is 1. The second-order valence-electron chi connectivity index (χ2n) is 8.75. The van der Waals surface area contributed by atoms with E-state index >= 15 is 0 Å². The van der Waals surface area contributed by atoms with Crippen LogP contribution in [0.25, 0.3) is 10.8 Å². The van der Waals surface area contributed by atoms with Crippen LogP contribution in [0, 0.1) is 0 Å². The number of phenolic OH excluding ortho intramolecular Hbond substituents is 1. The van der Waals surface area contributed by atoms with Crippen LogP contribution in [0.2, 0.25) is 0 Å². The standard InChI is InChI=1S/C16H36N.C10H8O4S/c1-5-9-13-17(14-10-6-2,15-11-7-3)16-12-8-4;11-9-5-6-10(15(12,13)14)8-4-2-1-3-7(8)9/h5-16H2,1-4H3;1-6,11H,(H,12,13,14)/q+1;. The van der Waals surface area contributed by atoms with E-state index in [1.807, 2.05) is 0 Å². The number of phenols is 1. The maximum absolute atomic E-state index is 11.0. The Morgan fingerprint density at radius 2 is 1.09 bits per heavy atom. The summed E-state index contributed by atoms with van der Waals surface area (Å²) in [5.41, 5.74) is 0. The molecule has 0 amide bonds. The molecule has 2 aromatic rings. The zero-order chi connectivity index (χ0) is 24.0. The maximum atomic E-state index is 11.0. The highest BCUT2D eigenvalue weighted by molar-refractivity contribution is 7.86. The minimum Gasteiger partial charge on any atom is -0.507 e. The molecule has 0 aliphatic carbocycles. The molecular formula is C26H44NO4S+. The molecule has 0 unspecified atom stereocenters. The van der Waals surface area contributed by atoms with Crippen LogP contribution in [0.4, 0.5) is 0 Å². The van der Waals surface area contributed by atoms with E-state index < -0.39 is 10.1 Å². The molecule has 0 saturated heterocycles. The minimum absolute atomic E-state index is 0.0157. The first kappa shape index (κ1) is 28.4. The molecule has 0 heterocycles. The van der Waals surface area contributed by atoms with E-state index in [9.17, 15) is 13.5 Å². The van der Waals surface area contributed by atoms with Crippen molar-refractivity contribution in [2.75, 3.05) is 26.2 Å². The Bertz CT molecular complexity index is 858. The second kappa shape index (κ2) is 14.5. The van der Waals surface area contributed by atoms with Crippen LogP contribution in [-0.2, 0) is 10.1 Å². The fraction of sp³-hybridized carbons (Fsp3) is 0.615. The molecule has 0 fully saturated rings. The summed E-state index contributed by atoms with van der Waals surface area (Å²) in [4.78, 5) is -0.198. The van der Waals surface area contributed by atoms with Crippen LogP contribution in [0.5, 0.6) is 5.75 Å². The van der Waals surface area contributed by atoms with Gasteiger partial charge in [0.1, 0.15) is 10.6 Å². The molecule has 0 bridgehead atoms. The van der Waals surface area contributed by atoms with E-state index in [4.69, 9.17) is 4.55 Å². The monoisotopic (exact) mass is 466 g/mol. The number of nitrogens with zero attached hydrogens (tertiary/aromatic N) is 1. The predicted octanol–water partition coefficient (Wildman–Crippen LogP) is 6.80.